The maximum atomic E-state index is 12.0. The average molecular weight is 271 g/mol. The zero-order valence-corrected chi connectivity index (χ0v) is 11.1. The van der Waals surface area contributed by atoms with Gasteiger partial charge in [-0.15, -0.1) is 0 Å². The number of benzene rings is 1. The molecule has 3 rings (SSSR count). The lowest BCUT2D eigenvalue weighted by atomic mass is 10.2. The Morgan fingerprint density at radius 1 is 1.25 bits per heavy atom. The van der Waals surface area contributed by atoms with Gasteiger partial charge in [0.1, 0.15) is 11.4 Å². The van der Waals surface area contributed by atoms with Crippen LogP contribution in [0.25, 0.3) is 0 Å². The highest BCUT2D eigenvalue weighted by atomic mass is 16.1. The minimum Gasteiger partial charge on any atom is -0.383 e. The highest BCUT2D eigenvalue weighted by molar-refractivity contribution is 6.07. The van der Waals surface area contributed by atoms with E-state index in [-0.39, 0.29) is 11.7 Å². The fourth-order valence-corrected chi connectivity index (χ4v) is 2.41. The van der Waals surface area contributed by atoms with Crippen molar-refractivity contribution in [3.8, 4) is 0 Å². The molecule has 0 unspecified atom stereocenters. The second-order valence-corrected chi connectivity index (χ2v) is 4.89. The Kier molecular flexibility index (Phi) is 3.28. The highest BCUT2D eigenvalue weighted by Gasteiger charge is 2.13. The van der Waals surface area contributed by atoms with Gasteiger partial charge in [-0.25, -0.2) is 0 Å². The van der Waals surface area contributed by atoms with Crippen LogP contribution >= 0.6 is 0 Å². The van der Waals surface area contributed by atoms with Gasteiger partial charge in [0.05, 0.1) is 6.20 Å². The Balaban J connectivity index is 1.69. The van der Waals surface area contributed by atoms with E-state index in [0.717, 1.165) is 18.8 Å². The van der Waals surface area contributed by atoms with Crippen LogP contribution in [0.3, 0.4) is 0 Å². The SMILES string of the molecule is Nc1[nH]ncc1C(=O)Nc1ccc(N2CCCC2)cc1. The summed E-state index contributed by atoms with van der Waals surface area (Å²) in [5.74, 6) is 0.0151. The first-order chi connectivity index (χ1) is 9.74. The third kappa shape index (κ3) is 2.45. The van der Waals surface area contributed by atoms with Crippen molar-refractivity contribution < 1.29 is 4.79 Å². The number of H-pyrrole nitrogens is 1. The molecule has 4 N–H and O–H groups in total. The number of rotatable bonds is 3. The summed E-state index contributed by atoms with van der Waals surface area (Å²) in [5, 5.41) is 9.08. The van der Waals surface area contributed by atoms with E-state index in [0.29, 0.717) is 5.56 Å². The molecule has 0 spiro atoms. The molecule has 1 fully saturated rings. The summed E-state index contributed by atoms with van der Waals surface area (Å²) in [6.07, 6.45) is 3.92. The lowest BCUT2D eigenvalue weighted by Crippen LogP contribution is -2.17. The van der Waals surface area contributed by atoms with Gasteiger partial charge in [-0.3, -0.25) is 9.89 Å². The summed E-state index contributed by atoms with van der Waals surface area (Å²) < 4.78 is 0. The molecule has 1 saturated heterocycles. The Hall–Kier alpha value is -2.50. The molecule has 2 aromatic rings. The molecule has 1 aliphatic rings. The highest BCUT2D eigenvalue weighted by Crippen LogP contribution is 2.22. The minimum atomic E-state index is -0.259. The summed E-state index contributed by atoms with van der Waals surface area (Å²) >= 11 is 0. The van der Waals surface area contributed by atoms with Crippen molar-refractivity contribution in [2.45, 2.75) is 12.8 Å². The van der Waals surface area contributed by atoms with Crippen LogP contribution in [0.15, 0.2) is 30.5 Å². The summed E-state index contributed by atoms with van der Waals surface area (Å²) in [6, 6.07) is 7.86. The van der Waals surface area contributed by atoms with Gasteiger partial charge in [0.2, 0.25) is 0 Å². The van der Waals surface area contributed by atoms with Gasteiger partial charge in [-0.1, -0.05) is 0 Å². The number of nitrogen functional groups attached to an aromatic ring is 1. The van der Waals surface area contributed by atoms with Crippen molar-refractivity contribution in [2.75, 3.05) is 29.0 Å². The van der Waals surface area contributed by atoms with Gasteiger partial charge in [0.25, 0.3) is 5.91 Å². The maximum Gasteiger partial charge on any atom is 0.261 e. The van der Waals surface area contributed by atoms with Crippen LogP contribution in [0.1, 0.15) is 23.2 Å². The van der Waals surface area contributed by atoms with Crippen molar-refractivity contribution in [1.82, 2.24) is 10.2 Å². The second-order valence-electron chi connectivity index (χ2n) is 4.89. The van der Waals surface area contributed by atoms with Crippen LogP contribution in [-0.2, 0) is 0 Å². The van der Waals surface area contributed by atoms with E-state index < -0.39 is 0 Å². The van der Waals surface area contributed by atoms with Crippen LogP contribution in [0.4, 0.5) is 17.2 Å². The van der Waals surface area contributed by atoms with Crippen molar-refractivity contribution >= 4 is 23.1 Å². The largest absolute Gasteiger partial charge is 0.383 e. The van der Waals surface area contributed by atoms with Crippen molar-refractivity contribution in [3.63, 3.8) is 0 Å². The van der Waals surface area contributed by atoms with Gasteiger partial charge in [-0.05, 0) is 37.1 Å². The van der Waals surface area contributed by atoms with E-state index in [2.05, 4.69) is 20.4 Å². The van der Waals surface area contributed by atoms with Crippen LogP contribution < -0.4 is 16.0 Å². The molecule has 0 bridgehead atoms. The molecular weight excluding hydrogens is 254 g/mol. The molecule has 0 saturated carbocycles. The monoisotopic (exact) mass is 271 g/mol. The molecule has 20 heavy (non-hydrogen) atoms. The Labute approximate surface area is 117 Å². The van der Waals surface area contributed by atoms with Crippen LogP contribution in [0, 0.1) is 0 Å². The Bertz CT molecular complexity index is 598. The van der Waals surface area contributed by atoms with Gasteiger partial charge < -0.3 is 16.0 Å². The number of carbonyl (C=O) groups is 1. The summed E-state index contributed by atoms with van der Waals surface area (Å²) in [6.45, 7) is 2.22. The maximum absolute atomic E-state index is 12.0. The summed E-state index contributed by atoms with van der Waals surface area (Å²) in [5.41, 5.74) is 7.92. The number of hydrogen-bond donors (Lipinski definition) is 3. The predicted octanol–water partition coefficient (Wildman–Crippen LogP) is 1.84. The Morgan fingerprint density at radius 2 is 1.95 bits per heavy atom. The molecule has 1 aromatic heterocycles. The third-order valence-electron chi connectivity index (χ3n) is 3.51. The number of aromatic nitrogens is 2. The van der Waals surface area contributed by atoms with E-state index >= 15 is 0 Å². The minimum absolute atomic E-state index is 0.259. The lowest BCUT2D eigenvalue weighted by Gasteiger charge is -2.17. The van der Waals surface area contributed by atoms with Crippen LogP contribution in [0.2, 0.25) is 0 Å². The van der Waals surface area contributed by atoms with Gasteiger partial charge in [0, 0.05) is 24.5 Å². The molecule has 6 heteroatoms. The molecule has 0 radical (unpaired) electrons. The van der Waals surface area contributed by atoms with Crippen LogP contribution in [0.5, 0.6) is 0 Å². The van der Waals surface area contributed by atoms with E-state index in [4.69, 9.17) is 5.73 Å². The molecule has 1 aromatic carbocycles. The molecule has 0 aliphatic carbocycles. The van der Waals surface area contributed by atoms with Gasteiger partial charge in [-0.2, -0.15) is 5.10 Å². The third-order valence-corrected chi connectivity index (χ3v) is 3.51. The first-order valence-electron chi connectivity index (χ1n) is 6.69. The van der Waals surface area contributed by atoms with Crippen molar-refractivity contribution in [1.29, 1.82) is 0 Å². The van der Waals surface area contributed by atoms with Gasteiger partial charge in [0.15, 0.2) is 0 Å². The predicted molar refractivity (Wildman–Crippen MR) is 78.8 cm³/mol. The van der Waals surface area contributed by atoms with Gasteiger partial charge >= 0.3 is 0 Å². The number of anilines is 3. The number of aromatic amines is 1. The number of nitrogens with one attached hydrogen (secondary N) is 2. The fourth-order valence-electron chi connectivity index (χ4n) is 2.41. The first kappa shape index (κ1) is 12.5. The van der Waals surface area contributed by atoms with E-state index in [1.165, 1.54) is 24.7 Å². The molecule has 2 heterocycles. The number of nitrogens with two attached hydrogens (primary N) is 1. The number of hydrogen-bond acceptors (Lipinski definition) is 4. The number of nitrogens with zero attached hydrogens (tertiary/aromatic N) is 2. The second kappa shape index (κ2) is 5.24. The quantitative estimate of drug-likeness (QED) is 0.795. The normalized spacial score (nSPS) is 14.5. The molecule has 1 amide bonds. The van der Waals surface area contributed by atoms with Crippen molar-refractivity contribution in [2.24, 2.45) is 0 Å². The lowest BCUT2D eigenvalue weighted by molar-refractivity contribution is 0.102. The molecule has 6 nitrogen and oxygen atoms in total. The topological polar surface area (TPSA) is 87.0 Å². The van der Waals surface area contributed by atoms with E-state index in [9.17, 15) is 4.79 Å². The van der Waals surface area contributed by atoms with Crippen LogP contribution in [-0.4, -0.2) is 29.2 Å². The average Bonchev–Trinajstić information content (AvgIpc) is 3.10. The first-order valence-corrected chi connectivity index (χ1v) is 6.69. The fraction of sp³-hybridized carbons (Fsp3) is 0.286. The number of amides is 1. The van der Waals surface area contributed by atoms with E-state index in [1.54, 1.807) is 0 Å². The standard InChI is InChI=1S/C14H17N5O/c15-13-12(9-16-18-13)14(20)17-10-3-5-11(6-4-10)19-7-1-2-8-19/h3-6,9H,1-2,7-8H2,(H,17,20)(H3,15,16,18). The molecular formula is C14H17N5O. The summed E-state index contributed by atoms with van der Waals surface area (Å²) in [4.78, 5) is 14.3. The Morgan fingerprint density at radius 3 is 2.55 bits per heavy atom. The zero-order chi connectivity index (χ0) is 13.9. The summed E-state index contributed by atoms with van der Waals surface area (Å²) in [7, 11) is 0. The zero-order valence-electron chi connectivity index (χ0n) is 11.1. The number of carbonyl (C=O) groups excluding carboxylic acids is 1. The molecule has 1 aliphatic heterocycles. The van der Waals surface area contributed by atoms with Crippen molar-refractivity contribution in [3.05, 3.63) is 36.0 Å². The molecule has 0 atom stereocenters. The van der Waals surface area contributed by atoms with E-state index in [1.807, 2.05) is 24.3 Å². The smallest absolute Gasteiger partial charge is 0.261 e. The molecule has 104 valence electrons.